The van der Waals surface area contributed by atoms with Crippen LogP contribution < -0.4 is 0 Å². The Kier molecular flexibility index (Phi) is 4.08. The highest BCUT2D eigenvalue weighted by molar-refractivity contribution is 8.10. The van der Waals surface area contributed by atoms with Crippen molar-refractivity contribution in [1.29, 1.82) is 0 Å². The monoisotopic (exact) mass is 232 g/mol. The fourth-order valence-corrected chi connectivity index (χ4v) is 2.27. The molecule has 2 rings (SSSR count). The van der Waals surface area contributed by atoms with E-state index in [1.807, 2.05) is 25.2 Å². The van der Waals surface area contributed by atoms with Crippen LogP contribution in [0.25, 0.3) is 0 Å². The van der Waals surface area contributed by atoms with Crippen LogP contribution in [0, 0.1) is 0 Å². The molecule has 1 fully saturated rings. The second kappa shape index (κ2) is 4.89. The number of rotatable bonds is 2. The molecule has 2 nitrogen and oxygen atoms in total. The molecule has 78 valence electrons. The van der Waals surface area contributed by atoms with Crippen molar-refractivity contribution < 1.29 is 9.90 Å². The van der Waals surface area contributed by atoms with Crippen molar-refractivity contribution in [2.24, 2.45) is 0 Å². The van der Waals surface area contributed by atoms with Gasteiger partial charge in [0.15, 0.2) is 0 Å². The van der Waals surface area contributed by atoms with Gasteiger partial charge in [0.05, 0.1) is 5.25 Å². The molecule has 0 amide bonds. The molecule has 1 heterocycles. The van der Waals surface area contributed by atoms with Crippen molar-refractivity contribution in [3.63, 3.8) is 0 Å². The van der Waals surface area contributed by atoms with Gasteiger partial charge < -0.3 is 5.11 Å². The van der Waals surface area contributed by atoms with Crippen LogP contribution in [0.3, 0.4) is 0 Å². The molecule has 0 aromatic heterocycles. The number of hydrogen-bond acceptors (Lipinski definition) is 2. The van der Waals surface area contributed by atoms with E-state index in [0.717, 1.165) is 6.42 Å². The summed E-state index contributed by atoms with van der Waals surface area (Å²) in [5.74, 6) is -0.711. The van der Waals surface area contributed by atoms with E-state index in [2.05, 4.69) is 6.08 Å². The van der Waals surface area contributed by atoms with E-state index in [4.69, 9.17) is 16.7 Å². The number of allylic oxidation sites excluding steroid dienone is 2. The van der Waals surface area contributed by atoms with Crippen molar-refractivity contribution >= 4 is 29.3 Å². The summed E-state index contributed by atoms with van der Waals surface area (Å²) < 4.78 is -0.0330. The zero-order chi connectivity index (χ0) is 10.6. The molecule has 0 spiro atoms. The van der Waals surface area contributed by atoms with Crippen molar-refractivity contribution in [3.05, 3.63) is 24.3 Å². The Balaban J connectivity index is 0.000000149. The highest BCUT2D eigenvalue weighted by Crippen LogP contribution is 2.59. The first-order valence-electron chi connectivity index (χ1n) is 4.53. The van der Waals surface area contributed by atoms with Crippen LogP contribution in [0.1, 0.15) is 19.8 Å². The average molecular weight is 233 g/mol. The first-order valence-corrected chi connectivity index (χ1v) is 5.79. The lowest BCUT2D eigenvalue weighted by Gasteiger charge is -1.96. The Bertz CT molecular complexity index is 275. The third-order valence-electron chi connectivity index (χ3n) is 1.82. The van der Waals surface area contributed by atoms with Crippen LogP contribution in [0.4, 0.5) is 0 Å². The molecule has 1 N–H and O–H groups in total. The van der Waals surface area contributed by atoms with Crippen molar-refractivity contribution in [2.75, 3.05) is 0 Å². The molecular weight excluding hydrogens is 220 g/mol. The normalized spacial score (nSPS) is 31.4. The molecule has 1 aliphatic carbocycles. The molecule has 4 heteroatoms. The topological polar surface area (TPSA) is 37.3 Å². The largest absolute Gasteiger partial charge is 0.481 e. The summed E-state index contributed by atoms with van der Waals surface area (Å²) in [5.41, 5.74) is 0. The van der Waals surface area contributed by atoms with Gasteiger partial charge in [-0.15, -0.1) is 23.4 Å². The lowest BCUT2D eigenvalue weighted by atomic mass is 10.2. The first kappa shape index (κ1) is 11.7. The Morgan fingerprint density at radius 1 is 1.64 bits per heavy atom. The van der Waals surface area contributed by atoms with E-state index in [9.17, 15) is 4.79 Å². The number of carboxylic acid groups (broad SMARTS) is 1. The van der Waals surface area contributed by atoms with Crippen LogP contribution in [0.2, 0.25) is 0 Å². The molecule has 0 aromatic rings. The van der Waals surface area contributed by atoms with E-state index in [1.54, 1.807) is 11.8 Å². The zero-order valence-corrected chi connectivity index (χ0v) is 9.52. The lowest BCUT2D eigenvalue weighted by molar-refractivity contribution is -0.137. The molecule has 1 aliphatic heterocycles. The molecule has 1 saturated heterocycles. The summed E-state index contributed by atoms with van der Waals surface area (Å²) in [5, 5.41) is 8.48. The maximum Gasteiger partial charge on any atom is 0.303 e. The van der Waals surface area contributed by atoms with E-state index < -0.39 is 5.97 Å². The molecule has 0 radical (unpaired) electrons. The van der Waals surface area contributed by atoms with Crippen LogP contribution in [-0.4, -0.2) is 20.5 Å². The SMILES string of the molecule is CCCC(=O)O.ClC12C=CC=CC1S2. The fraction of sp³-hybridized carbons (Fsp3) is 0.500. The predicted molar refractivity (Wildman–Crippen MR) is 60.8 cm³/mol. The molecule has 2 aliphatic rings. The van der Waals surface area contributed by atoms with Gasteiger partial charge in [0.2, 0.25) is 0 Å². The van der Waals surface area contributed by atoms with Crippen LogP contribution in [0.15, 0.2) is 24.3 Å². The number of thioether (sulfide) groups is 1. The summed E-state index contributed by atoms with van der Waals surface area (Å²) >= 11 is 7.76. The second-order valence-corrected chi connectivity index (χ2v) is 5.39. The summed E-state index contributed by atoms with van der Waals surface area (Å²) in [7, 11) is 0. The van der Waals surface area contributed by atoms with Crippen molar-refractivity contribution in [1.82, 2.24) is 0 Å². The van der Waals surface area contributed by atoms with Gasteiger partial charge in [-0.05, 0) is 6.42 Å². The highest BCUT2D eigenvalue weighted by Gasteiger charge is 2.51. The number of alkyl halides is 1. The molecule has 0 bridgehead atoms. The smallest absolute Gasteiger partial charge is 0.303 e. The maximum atomic E-state index is 9.60. The van der Waals surface area contributed by atoms with Crippen LogP contribution in [0.5, 0.6) is 0 Å². The Morgan fingerprint density at radius 3 is 2.64 bits per heavy atom. The summed E-state index contributed by atoms with van der Waals surface area (Å²) in [4.78, 5) is 9.60. The minimum absolute atomic E-state index is 0.0330. The number of carboxylic acids is 1. The third-order valence-corrected chi connectivity index (χ3v) is 3.86. The lowest BCUT2D eigenvalue weighted by Crippen LogP contribution is -2.00. The molecule has 0 aromatic carbocycles. The molecule has 2 unspecified atom stereocenters. The standard InChI is InChI=1S/C6H5ClS.C4H8O2/c7-6-4-2-1-3-5(6)8-6;1-2-3-4(5)6/h1-5H;2-3H2,1H3,(H,5,6). The Morgan fingerprint density at radius 2 is 2.36 bits per heavy atom. The van der Waals surface area contributed by atoms with Crippen LogP contribution >= 0.6 is 23.4 Å². The minimum atomic E-state index is -0.711. The predicted octanol–water partition coefficient (Wildman–Crippen LogP) is 3.03. The van der Waals surface area contributed by atoms with E-state index in [0.29, 0.717) is 11.7 Å². The van der Waals surface area contributed by atoms with Gasteiger partial charge in [-0.1, -0.05) is 31.2 Å². The number of fused-ring (bicyclic) bond motifs is 1. The number of carbonyl (C=O) groups is 1. The Labute approximate surface area is 93.0 Å². The van der Waals surface area contributed by atoms with Gasteiger partial charge in [0.1, 0.15) is 4.21 Å². The first-order chi connectivity index (χ1) is 6.58. The maximum absolute atomic E-state index is 9.60. The van der Waals surface area contributed by atoms with E-state index >= 15 is 0 Å². The van der Waals surface area contributed by atoms with E-state index in [1.165, 1.54) is 0 Å². The van der Waals surface area contributed by atoms with Crippen LogP contribution in [-0.2, 0) is 4.79 Å². The highest BCUT2D eigenvalue weighted by atomic mass is 35.5. The number of halogens is 1. The van der Waals surface area contributed by atoms with Gasteiger partial charge in [0.25, 0.3) is 0 Å². The van der Waals surface area contributed by atoms with Crippen molar-refractivity contribution in [3.8, 4) is 0 Å². The number of aliphatic carboxylic acids is 1. The van der Waals surface area contributed by atoms with Gasteiger partial charge in [0, 0.05) is 6.42 Å². The third kappa shape index (κ3) is 3.39. The summed E-state index contributed by atoms with van der Waals surface area (Å²) in [6.45, 7) is 1.84. The summed E-state index contributed by atoms with van der Waals surface area (Å²) in [6.07, 6.45) is 9.26. The summed E-state index contributed by atoms with van der Waals surface area (Å²) in [6, 6.07) is 0. The quantitative estimate of drug-likeness (QED) is 0.588. The molecular formula is C10H13ClO2S. The van der Waals surface area contributed by atoms with Gasteiger partial charge >= 0.3 is 5.97 Å². The van der Waals surface area contributed by atoms with Gasteiger partial charge in [-0.3, -0.25) is 4.79 Å². The minimum Gasteiger partial charge on any atom is -0.481 e. The van der Waals surface area contributed by atoms with Gasteiger partial charge in [-0.2, -0.15) is 0 Å². The Hall–Kier alpha value is -0.410. The fourth-order valence-electron chi connectivity index (χ4n) is 1.03. The second-order valence-electron chi connectivity index (χ2n) is 3.12. The molecule has 2 atom stereocenters. The number of hydrogen-bond donors (Lipinski definition) is 1. The zero-order valence-electron chi connectivity index (χ0n) is 7.94. The average Bonchev–Trinajstić information content (AvgIpc) is 2.77. The van der Waals surface area contributed by atoms with Crippen molar-refractivity contribution in [2.45, 2.75) is 29.2 Å². The van der Waals surface area contributed by atoms with Gasteiger partial charge in [-0.25, -0.2) is 0 Å². The molecule has 0 saturated carbocycles. The molecule has 14 heavy (non-hydrogen) atoms. The van der Waals surface area contributed by atoms with E-state index in [-0.39, 0.29) is 4.21 Å².